The van der Waals surface area contributed by atoms with Gasteiger partial charge in [0, 0.05) is 23.2 Å². The van der Waals surface area contributed by atoms with Gasteiger partial charge in [-0.05, 0) is 24.8 Å². The van der Waals surface area contributed by atoms with Crippen LogP contribution in [0.5, 0.6) is 0 Å². The first-order valence-corrected chi connectivity index (χ1v) is 7.26. The van der Waals surface area contributed by atoms with Crippen LogP contribution in [0.15, 0.2) is 30.3 Å². The van der Waals surface area contributed by atoms with Gasteiger partial charge < -0.3 is 5.73 Å². The van der Waals surface area contributed by atoms with Crippen molar-refractivity contribution in [3.8, 4) is 0 Å². The van der Waals surface area contributed by atoms with Crippen LogP contribution < -0.4 is 5.73 Å². The molecule has 2 atom stereocenters. The van der Waals surface area contributed by atoms with E-state index in [9.17, 15) is 0 Å². The Morgan fingerprint density at radius 1 is 1.20 bits per heavy atom. The highest BCUT2D eigenvalue weighted by Gasteiger charge is 2.57. The van der Waals surface area contributed by atoms with Crippen molar-refractivity contribution in [1.29, 1.82) is 0 Å². The molecule has 3 rings (SSSR count). The minimum absolute atomic E-state index is 0.204. The van der Waals surface area contributed by atoms with Crippen LogP contribution in [0.1, 0.15) is 42.3 Å². The molecule has 2 unspecified atom stereocenters. The lowest BCUT2D eigenvalue weighted by Gasteiger charge is -2.06. The van der Waals surface area contributed by atoms with Crippen molar-refractivity contribution >= 4 is 0 Å². The Morgan fingerprint density at radius 3 is 2.35 bits per heavy atom. The van der Waals surface area contributed by atoms with Crippen LogP contribution >= 0.6 is 0 Å². The smallest absolute Gasteiger partial charge is 0.0662 e. The second-order valence-corrected chi connectivity index (χ2v) is 6.55. The summed E-state index contributed by atoms with van der Waals surface area (Å²) in [5, 5.41) is 4.73. The zero-order chi connectivity index (χ0) is 14.5. The summed E-state index contributed by atoms with van der Waals surface area (Å²) in [6.45, 7) is 9.59. The molecule has 0 spiro atoms. The van der Waals surface area contributed by atoms with Gasteiger partial charge >= 0.3 is 0 Å². The zero-order valence-corrected chi connectivity index (χ0v) is 12.7. The molecule has 0 radical (unpaired) electrons. The topological polar surface area (TPSA) is 43.8 Å². The lowest BCUT2D eigenvalue weighted by atomic mass is 10.0. The fraction of sp³-hybridized carbons (Fsp3) is 0.471. The van der Waals surface area contributed by atoms with Gasteiger partial charge in [0.25, 0.3) is 0 Å². The molecular weight excluding hydrogens is 246 g/mol. The normalized spacial score (nSPS) is 23.9. The zero-order valence-electron chi connectivity index (χ0n) is 12.7. The van der Waals surface area contributed by atoms with Gasteiger partial charge in [-0.3, -0.25) is 4.68 Å². The first-order chi connectivity index (χ1) is 9.43. The van der Waals surface area contributed by atoms with E-state index >= 15 is 0 Å². The Bertz CT molecular complexity index is 625. The summed E-state index contributed by atoms with van der Waals surface area (Å²) in [6.07, 6.45) is 0. The molecule has 1 aliphatic carbocycles. The molecule has 20 heavy (non-hydrogen) atoms. The standard InChI is InChI=1S/C17H23N3/c1-11-14(15-16(18)17(15,3)4)12(2)20(19-11)10-13-8-6-5-7-9-13/h5-9,15-16H,10,18H2,1-4H3. The van der Waals surface area contributed by atoms with E-state index in [1.165, 1.54) is 16.8 Å². The number of rotatable bonds is 3. The lowest BCUT2D eigenvalue weighted by molar-refractivity contribution is 0.597. The highest BCUT2D eigenvalue weighted by molar-refractivity contribution is 5.40. The minimum Gasteiger partial charge on any atom is -0.327 e. The van der Waals surface area contributed by atoms with E-state index in [2.05, 4.69) is 56.6 Å². The fourth-order valence-corrected chi connectivity index (χ4v) is 3.30. The second kappa shape index (κ2) is 4.45. The molecule has 1 aromatic heterocycles. The summed E-state index contributed by atoms with van der Waals surface area (Å²) < 4.78 is 2.11. The average Bonchev–Trinajstić information content (AvgIpc) is 2.76. The number of nitrogens with two attached hydrogens (primary N) is 1. The van der Waals surface area contributed by atoms with Gasteiger partial charge in [0.2, 0.25) is 0 Å². The van der Waals surface area contributed by atoms with Crippen LogP contribution in [-0.4, -0.2) is 15.8 Å². The van der Waals surface area contributed by atoms with Crippen molar-refractivity contribution in [1.82, 2.24) is 9.78 Å². The third-order valence-electron chi connectivity index (χ3n) is 4.83. The van der Waals surface area contributed by atoms with E-state index in [1.807, 2.05) is 6.07 Å². The molecule has 3 nitrogen and oxygen atoms in total. The van der Waals surface area contributed by atoms with Crippen molar-refractivity contribution in [2.24, 2.45) is 11.1 Å². The van der Waals surface area contributed by atoms with Gasteiger partial charge in [0.05, 0.1) is 12.2 Å². The number of aryl methyl sites for hydroxylation is 1. The van der Waals surface area contributed by atoms with Crippen molar-refractivity contribution < 1.29 is 0 Å². The summed E-state index contributed by atoms with van der Waals surface area (Å²) in [4.78, 5) is 0. The van der Waals surface area contributed by atoms with E-state index in [0.29, 0.717) is 5.92 Å². The second-order valence-electron chi connectivity index (χ2n) is 6.55. The molecule has 0 aliphatic heterocycles. The molecular formula is C17H23N3. The molecule has 0 saturated heterocycles. The Kier molecular flexibility index (Phi) is 2.98. The van der Waals surface area contributed by atoms with Crippen molar-refractivity contribution in [3.63, 3.8) is 0 Å². The first-order valence-electron chi connectivity index (χ1n) is 7.26. The molecule has 106 valence electrons. The first kappa shape index (κ1) is 13.4. The van der Waals surface area contributed by atoms with Gasteiger partial charge in [-0.15, -0.1) is 0 Å². The minimum atomic E-state index is 0.204. The predicted molar refractivity (Wildman–Crippen MR) is 81.7 cm³/mol. The van der Waals surface area contributed by atoms with E-state index in [0.717, 1.165) is 12.2 Å². The molecule has 1 fully saturated rings. The maximum atomic E-state index is 6.24. The largest absolute Gasteiger partial charge is 0.327 e. The molecule has 2 aromatic rings. The quantitative estimate of drug-likeness (QED) is 0.931. The van der Waals surface area contributed by atoms with E-state index in [-0.39, 0.29) is 11.5 Å². The fourth-order valence-electron chi connectivity index (χ4n) is 3.30. The molecule has 0 bridgehead atoms. The van der Waals surface area contributed by atoms with E-state index < -0.39 is 0 Å². The highest BCUT2D eigenvalue weighted by atomic mass is 15.3. The number of hydrogen-bond donors (Lipinski definition) is 1. The Hall–Kier alpha value is -1.61. The molecule has 2 N–H and O–H groups in total. The van der Waals surface area contributed by atoms with Crippen LogP contribution in [0.2, 0.25) is 0 Å². The number of benzene rings is 1. The van der Waals surface area contributed by atoms with Gasteiger partial charge in [-0.2, -0.15) is 5.10 Å². The van der Waals surface area contributed by atoms with Crippen LogP contribution in [-0.2, 0) is 6.54 Å². The Balaban J connectivity index is 1.92. The maximum absolute atomic E-state index is 6.24. The summed E-state index contributed by atoms with van der Waals surface area (Å²) in [6, 6.07) is 10.7. The number of aromatic nitrogens is 2. The predicted octanol–water partition coefficient (Wildman–Crippen LogP) is 3.00. The van der Waals surface area contributed by atoms with E-state index in [1.54, 1.807) is 0 Å². The molecule has 1 heterocycles. The highest BCUT2D eigenvalue weighted by Crippen LogP contribution is 2.58. The SMILES string of the molecule is Cc1nn(Cc2ccccc2)c(C)c1C1C(N)C1(C)C. The van der Waals surface area contributed by atoms with Crippen LogP contribution in [0, 0.1) is 19.3 Å². The van der Waals surface area contributed by atoms with Gasteiger partial charge in [-0.25, -0.2) is 0 Å². The van der Waals surface area contributed by atoms with Gasteiger partial charge in [0.15, 0.2) is 0 Å². The Labute approximate surface area is 120 Å². The van der Waals surface area contributed by atoms with Crippen molar-refractivity contribution in [2.45, 2.75) is 46.2 Å². The number of hydrogen-bond acceptors (Lipinski definition) is 2. The van der Waals surface area contributed by atoms with Crippen LogP contribution in [0.25, 0.3) is 0 Å². The third-order valence-corrected chi connectivity index (χ3v) is 4.83. The van der Waals surface area contributed by atoms with Crippen LogP contribution in [0.4, 0.5) is 0 Å². The lowest BCUT2D eigenvalue weighted by Crippen LogP contribution is -2.07. The molecule has 1 saturated carbocycles. The monoisotopic (exact) mass is 269 g/mol. The van der Waals surface area contributed by atoms with Crippen molar-refractivity contribution in [3.05, 3.63) is 52.8 Å². The van der Waals surface area contributed by atoms with E-state index in [4.69, 9.17) is 10.8 Å². The summed E-state index contributed by atoms with van der Waals surface area (Å²) >= 11 is 0. The third kappa shape index (κ3) is 1.97. The summed E-state index contributed by atoms with van der Waals surface area (Å²) in [5.74, 6) is 0.451. The molecule has 1 aliphatic rings. The molecule has 3 heteroatoms. The Morgan fingerprint density at radius 2 is 1.80 bits per heavy atom. The van der Waals surface area contributed by atoms with Crippen LogP contribution in [0.3, 0.4) is 0 Å². The van der Waals surface area contributed by atoms with Gasteiger partial charge in [-0.1, -0.05) is 44.2 Å². The molecule has 0 amide bonds. The summed E-state index contributed by atoms with van der Waals surface area (Å²) in [7, 11) is 0. The number of nitrogens with zero attached hydrogens (tertiary/aromatic N) is 2. The molecule has 1 aromatic carbocycles. The van der Waals surface area contributed by atoms with Gasteiger partial charge in [0.1, 0.15) is 0 Å². The maximum Gasteiger partial charge on any atom is 0.0662 e. The summed E-state index contributed by atoms with van der Waals surface area (Å²) in [5.41, 5.74) is 11.5. The van der Waals surface area contributed by atoms with Crippen molar-refractivity contribution in [2.75, 3.05) is 0 Å². The average molecular weight is 269 g/mol.